The largest absolute Gasteiger partial charge is 0.294 e. The predicted molar refractivity (Wildman–Crippen MR) is 153 cm³/mol. The number of hydrogen-bond donors (Lipinski definition) is 0. The highest BCUT2D eigenvalue weighted by atomic mass is 16.1. The molecule has 3 aliphatic rings. The van der Waals surface area contributed by atoms with E-state index >= 15 is 0 Å². The lowest BCUT2D eigenvalue weighted by atomic mass is 9.37. The molecule has 2 heteroatoms. The topological polar surface area (TPSA) is 34.1 Å². The predicted octanol–water partition coefficient (Wildman–Crippen LogP) is 7.63. The van der Waals surface area contributed by atoms with E-state index in [9.17, 15) is 9.59 Å². The summed E-state index contributed by atoms with van der Waals surface area (Å²) in [6.45, 7) is 4.46. The first-order valence-electron chi connectivity index (χ1n) is 13.3. The molecule has 0 aliphatic heterocycles. The van der Waals surface area contributed by atoms with Gasteiger partial charge in [0.05, 0.1) is 0 Å². The number of fused-ring (bicyclic) bond motifs is 4. The molecular weight excluding hydrogens is 464 g/mol. The third-order valence-electron chi connectivity index (χ3n) is 9.50. The first kappa shape index (κ1) is 22.9. The lowest BCUT2D eigenvalue weighted by Crippen LogP contribution is -2.63. The quantitative estimate of drug-likeness (QED) is 0.293. The van der Waals surface area contributed by atoms with Gasteiger partial charge < -0.3 is 0 Å². The Morgan fingerprint density at radius 1 is 0.421 bits per heavy atom. The van der Waals surface area contributed by atoms with Crippen LogP contribution in [0.5, 0.6) is 0 Å². The smallest absolute Gasteiger partial charge is 0.168 e. The summed E-state index contributed by atoms with van der Waals surface area (Å²) in [4.78, 5) is 28.9. The molecule has 2 nitrogen and oxygen atoms in total. The Hall–Kier alpha value is -4.30. The van der Waals surface area contributed by atoms with Crippen LogP contribution in [0.2, 0.25) is 0 Å². The third kappa shape index (κ3) is 2.73. The summed E-state index contributed by atoms with van der Waals surface area (Å²) >= 11 is 0. The van der Waals surface area contributed by atoms with E-state index in [0.717, 1.165) is 44.5 Å². The molecule has 0 N–H and O–H groups in total. The second kappa shape index (κ2) is 8.10. The van der Waals surface area contributed by atoms with Crippen molar-refractivity contribution in [3.63, 3.8) is 0 Å². The Kier molecular flexibility index (Phi) is 4.87. The number of allylic oxidation sites excluding steroid dienone is 4. The van der Waals surface area contributed by atoms with E-state index in [0.29, 0.717) is 0 Å². The molecule has 0 radical (unpaired) electrons. The number of hydrogen-bond acceptors (Lipinski definition) is 2. The first-order valence-corrected chi connectivity index (χ1v) is 13.3. The van der Waals surface area contributed by atoms with Crippen molar-refractivity contribution in [1.82, 2.24) is 0 Å². The summed E-state index contributed by atoms with van der Waals surface area (Å²) in [5, 5.41) is 0. The minimum atomic E-state index is -0.543. The molecule has 0 saturated heterocycles. The van der Waals surface area contributed by atoms with Crippen molar-refractivity contribution in [2.45, 2.75) is 13.8 Å². The van der Waals surface area contributed by atoms with E-state index in [1.807, 2.05) is 97.1 Å². The van der Waals surface area contributed by atoms with Crippen molar-refractivity contribution >= 4 is 33.9 Å². The number of Topliss-reactive ketones (excluding diaryl/α,β-unsaturated/α-hetero) is 2. The molecule has 0 heterocycles. The summed E-state index contributed by atoms with van der Waals surface area (Å²) in [7, 11) is 0. The van der Waals surface area contributed by atoms with E-state index < -0.39 is 22.7 Å². The summed E-state index contributed by atoms with van der Waals surface area (Å²) < 4.78 is 0. The zero-order valence-corrected chi connectivity index (χ0v) is 21.5. The van der Waals surface area contributed by atoms with Gasteiger partial charge in [-0.05, 0) is 33.4 Å². The molecule has 4 aromatic carbocycles. The monoisotopic (exact) mass is 492 g/mol. The van der Waals surface area contributed by atoms with Gasteiger partial charge in [-0.3, -0.25) is 9.59 Å². The molecule has 1 saturated carbocycles. The Balaban J connectivity index is 1.56. The number of carbonyl (C=O) groups is 2. The SMILES string of the molecule is C[C@]12C(c3ccccc3)=C(c3ccccc3)C(=O)[C@H]1[C@@H]1C(=O)C(c3ccccc3)=C(c3ccccc3)[C@@]12C. The van der Waals surface area contributed by atoms with Gasteiger partial charge in [0.15, 0.2) is 11.6 Å². The fourth-order valence-corrected chi connectivity index (χ4v) is 7.83. The number of carbonyl (C=O) groups excluding carboxylic acids is 2. The highest BCUT2D eigenvalue weighted by Crippen LogP contribution is 2.81. The maximum Gasteiger partial charge on any atom is 0.168 e. The van der Waals surface area contributed by atoms with Gasteiger partial charge in [-0.1, -0.05) is 135 Å². The zero-order chi connectivity index (χ0) is 26.1. The van der Waals surface area contributed by atoms with Gasteiger partial charge in [0, 0.05) is 33.8 Å². The molecule has 1 fully saturated rings. The lowest BCUT2D eigenvalue weighted by Gasteiger charge is -2.63. The van der Waals surface area contributed by atoms with Crippen LogP contribution in [0.4, 0.5) is 0 Å². The average Bonchev–Trinajstić information content (AvgIpc) is 3.30. The molecule has 4 aromatic rings. The van der Waals surface area contributed by atoms with Crippen LogP contribution >= 0.6 is 0 Å². The normalized spacial score (nSPS) is 27.8. The van der Waals surface area contributed by atoms with Crippen LogP contribution in [-0.2, 0) is 9.59 Å². The Bertz CT molecular complexity index is 1520. The van der Waals surface area contributed by atoms with E-state index in [1.165, 1.54) is 0 Å². The molecule has 0 aromatic heterocycles. The van der Waals surface area contributed by atoms with Gasteiger partial charge in [-0.25, -0.2) is 0 Å². The van der Waals surface area contributed by atoms with Crippen LogP contribution in [0.1, 0.15) is 36.1 Å². The number of benzene rings is 4. The van der Waals surface area contributed by atoms with Gasteiger partial charge in [0.1, 0.15) is 0 Å². The van der Waals surface area contributed by atoms with Gasteiger partial charge in [-0.2, -0.15) is 0 Å². The molecule has 7 rings (SSSR count). The lowest BCUT2D eigenvalue weighted by molar-refractivity contribution is -0.154. The second-order valence-corrected chi connectivity index (χ2v) is 11.1. The van der Waals surface area contributed by atoms with E-state index in [1.54, 1.807) is 0 Å². The Morgan fingerprint density at radius 2 is 0.684 bits per heavy atom. The van der Waals surface area contributed by atoms with Crippen LogP contribution in [0.3, 0.4) is 0 Å². The molecule has 0 unspecified atom stereocenters. The van der Waals surface area contributed by atoms with Crippen LogP contribution in [-0.4, -0.2) is 11.6 Å². The highest BCUT2D eigenvalue weighted by molar-refractivity contribution is 6.41. The summed E-state index contributed by atoms with van der Waals surface area (Å²) in [5.74, 6) is -0.610. The number of rotatable bonds is 4. The molecule has 0 spiro atoms. The molecule has 0 amide bonds. The fourth-order valence-electron chi connectivity index (χ4n) is 7.83. The van der Waals surface area contributed by atoms with Crippen LogP contribution in [0, 0.1) is 22.7 Å². The molecule has 38 heavy (non-hydrogen) atoms. The first-order chi connectivity index (χ1) is 18.5. The fraction of sp³-hybridized carbons (Fsp3) is 0.167. The van der Waals surface area contributed by atoms with Crippen molar-refractivity contribution in [2.75, 3.05) is 0 Å². The Labute approximate surface area is 223 Å². The molecule has 184 valence electrons. The van der Waals surface area contributed by atoms with Crippen LogP contribution < -0.4 is 0 Å². The summed E-state index contributed by atoms with van der Waals surface area (Å²) in [5.41, 5.74) is 6.53. The minimum Gasteiger partial charge on any atom is -0.294 e. The van der Waals surface area contributed by atoms with Crippen molar-refractivity contribution in [3.8, 4) is 0 Å². The molecular formula is C36H28O2. The Morgan fingerprint density at radius 3 is 0.974 bits per heavy atom. The van der Waals surface area contributed by atoms with E-state index in [-0.39, 0.29) is 11.6 Å². The third-order valence-corrected chi connectivity index (χ3v) is 9.50. The van der Waals surface area contributed by atoms with Crippen molar-refractivity contribution in [3.05, 3.63) is 144 Å². The zero-order valence-electron chi connectivity index (χ0n) is 21.5. The molecule has 4 atom stereocenters. The second-order valence-electron chi connectivity index (χ2n) is 11.1. The van der Waals surface area contributed by atoms with Crippen LogP contribution in [0.15, 0.2) is 121 Å². The summed E-state index contributed by atoms with van der Waals surface area (Å²) in [6, 6.07) is 40.6. The highest BCUT2D eigenvalue weighted by Gasteiger charge is 2.79. The minimum absolute atomic E-state index is 0.0927. The number of ketones is 2. The summed E-state index contributed by atoms with van der Waals surface area (Å²) in [6.07, 6.45) is 0. The maximum atomic E-state index is 14.4. The maximum absolute atomic E-state index is 14.4. The standard InChI is InChI=1S/C36H28O2/c1-35-29(25-19-11-5-12-20-25)27(23-15-7-3-8-16-23)33(37)31(35)32-34(38)28(24-17-9-4-10-18-24)30(36(32,35)2)26-21-13-6-14-22-26/h3-22,31-32H,1-2H3/t31-,32-,35+,36+/m1/s1. The van der Waals surface area contributed by atoms with Gasteiger partial charge >= 0.3 is 0 Å². The van der Waals surface area contributed by atoms with E-state index in [4.69, 9.17) is 0 Å². The molecule has 3 aliphatic carbocycles. The average molecular weight is 493 g/mol. The van der Waals surface area contributed by atoms with Crippen molar-refractivity contribution < 1.29 is 9.59 Å². The van der Waals surface area contributed by atoms with Crippen molar-refractivity contribution in [1.29, 1.82) is 0 Å². The van der Waals surface area contributed by atoms with Gasteiger partial charge in [0.25, 0.3) is 0 Å². The van der Waals surface area contributed by atoms with Gasteiger partial charge in [0.2, 0.25) is 0 Å². The van der Waals surface area contributed by atoms with Crippen molar-refractivity contribution in [2.24, 2.45) is 22.7 Å². The molecule has 0 bridgehead atoms. The van der Waals surface area contributed by atoms with Crippen LogP contribution in [0.25, 0.3) is 22.3 Å². The van der Waals surface area contributed by atoms with Gasteiger partial charge in [-0.15, -0.1) is 0 Å². The van der Waals surface area contributed by atoms with E-state index in [2.05, 4.69) is 38.1 Å².